The van der Waals surface area contributed by atoms with Crippen LogP contribution in [0.25, 0.3) is 0 Å². The number of carbonyl (C=O) groups is 1. The van der Waals surface area contributed by atoms with Gasteiger partial charge >= 0.3 is 0 Å². The average molecular weight is 235 g/mol. The molecule has 3 N–H and O–H groups in total. The predicted octanol–water partition coefficient (Wildman–Crippen LogP) is 1.46. The highest BCUT2D eigenvalue weighted by Crippen LogP contribution is 2.30. The molecule has 0 spiro atoms. The zero-order valence-corrected chi connectivity index (χ0v) is 10.2. The van der Waals surface area contributed by atoms with Gasteiger partial charge in [-0.2, -0.15) is 5.26 Å². The van der Waals surface area contributed by atoms with Crippen LogP contribution < -0.4 is 11.1 Å². The van der Waals surface area contributed by atoms with Crippen molar-refractivity contribution >= 4 is 5.91 Å². The van der Waals surface area contributed by atoms with Crippen molar-refractivity contribution in [2.75, 3.05) is 0 Å². The normalized spacial score (nSPS) is 31.1. The average Bonchev–Trinajstić information content (AvgIpc) is 2.87. The third-order valence-corrected chi connectivity index (χ3v) is 4.14. The van der Waals surface area contributed by atoms with Crippen molar-refractivity contribution in [1.82, 2.24) is 5.32 Å². The van der Waals surface area contributed by atoms with Crippen molar-refractivity contribution in [3.8, 4) is 6.07 Å². The monoisotopic (exact) mass is 235 g/mol. The maximum Gasteiger partial charge on any atom is 0.222 e. The summed E-state index contributed by atoms with van der Waals surface area (Å²) in [5.74, 6) is 0.0257. The molecule has 2 aliphatic rings. The van der Waals surface area contributed by atoms with Gasteiger partial charge < -0.3 is 11.1 Å². The first-order valence-corrected chi connectivity index (χ1v) is 6.61. The molecule has 0 heterocycles. The van der Waals surface area contributed by atoms with Gasteiger partial charge in [-0.1, -0.05) is 12.8 Å². The number of nitrogens with two attached hydrogens (primary N) is 1. The molecule has 2 rings (SSSR count). The SMILES string of the molecule is N#CC1CCCC1NC(=O)CC1(N)CCCC1. The second kappa shape index (κ2) is 5.05. The van der Waals surface area contributed by atoms with Crippen LogP contribution in [-0.2, 0) is 4.79 Å². The molecule has 4 nitrogen and oxygen atoms in total. The van der Waals surface area contributed by atoms with Crippen LogP contribution in [0.15, 0.2) is 0 Å². The Morgan fingerprint density at radius 1 is 1.35 bits per heavy atom. The molecular weight excluding hydrogens is 214 g/mol. The van der Waals surface area contributed by atoms with Crippen LogP contribution in [0, 0.1) is 17.2 Å². The van der Waals surface area contributed by atoms with Gasteiger partial charge in [-0.3, -0.25) is 4.79 Å². The van der Waals surface area contributed by atoms with Crippen LogP contribution in [-0.4, -0.2) is 17.5 Å². The van der Waals surface area contributed by atoms with Gasteiger partial charge in [0, 0.05) is 18.0 Å². The summed E-state index contributed by atoms with van der Waals surface area (Å²) in [5.41, 5.74) is 5.89. The third-order valence-electron chi connectivity index (χ3n) is 4.14. The maximum absolute atomic E-state index is 11.9. The minimum atomic E-state index is -0.287. The van der Waals surface area contributed by atoms with Crippen molar-refractivity contribution in [3.05, 3.63) is 0 Å². The molecule has 0 bridgehead atoms. The summed E-state index contributed by atoms with van der Waals surface area (Å²) in [7, 11) is 0. The number of nitriles is 1. The number of hydrogen-bond acceptors (Lipinski definition) is 3. The van der Waals surface area contributed by atoms with E-state index < -0.39 is 0 Å². The summed E-state index contributed by atoms with van der Waals surface area (Å²) in [4.78, 5) is 11.9. The lowest BCUT2D eigenvalue weighted by Crippen LogP contribution is -2.45. The molecule has 2 aliphatic carbocycles. The zero-order chi connectivity index (χ0) is 12.3. The van der Waals surface area contributed by atoms with E-state index in [9.17, 15) is 4.79 Å². The fourth-order valence-electron chi connectivity index (χ4n) is 3.12. The van der Waals surface area contributed by atoms with Crippen LogP contribution >= 0.6 is 0 Å². The van der Waals surface area contributed by atoms with E-state index in [1.165, 1.54) is 0 Å². The molecule has 0 radical (unpaired) electrons. The first kappa shape index (κ1) is 12.4. The lowest BCUT2D eigenvalue weighted by molar-refractivity contribution is -0.123. The minimum Gasteiger partial charge on any atom is -0.352 e. The zero-order valence-electron chi connectivity index (χ0n) is 10.2. The van der Waals surface area contributed by atoms with Gasteiger partial charge in [0.25, 0.3) is 0 Å². The van der Waals surface area contributed by atoms with E-state index in [0.29, 0.717) is 6.42 Å². The van der Waals surface area contributed by atoms with Crippen molar-refractivity contribution in [1.29, 1.82) is 5.26 Å². The highest BCUT2D eigenvalue weighted by molar-refractivity contribution is 5.77. The molecule has 17 heavy (non-hydrogen) atoms. The van der Waals surface area contributed by atoms with E-state index in [0.717, 1.165) is 44.9 Å². The van der Waals surface area contributed by atoms with Crippen molar-refractivity contribution < 1.29 is 4.79 Å². The standard InChI is InChI=1S/C13H21N3O/c14-9-10-4-3-5-11(10)16-12(17)8-13(15)6-1-2-7-13/h10-11H,1-8,15H2,(H,16,17). The summed E-state index contributed by atoms with van der Waals surface area (Å²) in [6.45, 7) is 0. The molecule has 2 saturated carbocycles. The Kier molecular flexibility index (Phi) is 3.68. The highest BCUT2D eigenvalue weighted by Gasteiger charge is 2.34. The Hall–Kier alpha value is -1.08. The Morgan fingerprint density at radius 2 is 2.06 bits per heavy atom. The Labute approximate surface area is 103 Å². The summed E-state index contributed by atoms with van der Waals surface area (Å²) < 4.78 is 0. The molecule has 2 atom stereocenters. The summed E-state index contributed by atoms with van der Waals surface area (Å²) in [6.07, 6.45) is 7.47. The van der Waals surface area contributed by atoms with E-state index in [1.807, 2.05) is 0 Å². The van der Waals surface area contributed by atoms with Gasteiger partial charge in [0.15, 0.2) is 0 Å². The highest BCUT2D eigenvalue weighted by atomic mass is 16.1. The van der Waals surface area contributed by atoms with Gasteiger partial charge in [0.05, 0.1) is 12.0 Å². The largest absolute Gasteiger partial charge is 0.352 e. The van der Waals surface area contributed by atoms with Gasteiger partial charge in [-0.15, -0.1) is 0 Å². The number of nitrogens with zero attached hydrogens (tertiary/aromatic N) is 1. The molecule has 4 heteroatoms. The van der Waals surface area contributed by atoms with E-state index in [1.54, 1.807) is 0 Å². The Bertz CT molecular complexity index is 328. The summed E-state index contributed by atoms with van der Waals surface area (Å²) >= 11 is 0. The van der Waals surface area contributed by atoms with Crippen LogP contribution in [0.5, 0.6) is 0 Å². The van der Waals surface area contributed by atoms with Crippen molar-refractivity contribution in [2.45, 2.75) is 62.9 Å². The molecule has 0 aromatic rings. The first-order valence-electron chi connectivity index (χ1n) is 6.61. The van der Waals surface area contributed by atoms with E-state index in [2.05, 4.69) is 11.4 Å². The number of hydrogen-bond donors (Lipinski definition) is 2. The smallest absolute Gasteiger partial charge is 0.222 e. The predicted molar refractivity (Wildman–Crippen MR) is 64.9 cm³/mol. The Morgan fingerprint density at radius 3 is 2.71 bits per heavy atom. The second-order valence-corrected chi connectivity index (χ2v) is 5.59. The number of amides is 1. The molecule has 0 aliphatic heterocycles. The van der Waals surface area contributed by atoms with Gasteiger partial charge in [-0.25, -0.2) is 0 Å². The quantitative estimate of drug-likeness (QED) is 0.777. The van der Waals surface area contributed by atoms with Crippen LogP contribution in [0.1, 0.15) is 51.4 Å². The maximum atomic E-state index is 11.9. The number of rotatable bonds is 3. The van der Waals surface area contributed by atoms with Gasteiger partial charge in [0.2, 0.25) is 5.91 Å². The molecule has 0 saturated heterocycles. The summed E-state index contributed by atoms with van der Waals surface area (Å²) in [6, 6.07) is 2.33. The van der Waals surface area contributed by atoms with Crippen LogP contribution in [0.4, 0.5) is 0 Å². The molecule has 94 valence electrons. The van der Waals surface area contributed by atoms with Crippen LogP contribution in [0.2, 0.25) is 0 Å². The topological polar surface area (TPSA) is 78.9 Å². The Balaban J connectivity index is 1.83. The molecule has 0 aromatic heterocycles. The second-order valence-electron chi connectivity index (χ2n) is 5.59. The minimum absolute atomic E-state index is 0.00347. The van der Waals surface area contributed by atoms with Crippen molar-refractivity contribution in [2.24, 2.45) is 11.7 Å². The fraction of sp³-hybridized carbons (Fsp3) is 0.846. The molecule has 0 aromatic carbocycles. The molecule has 1 amide bonds. The van der Waals surface area contributed by atoms with E-state index >= 15 is 0 Å². The lowest BCUT2D eigenvalue weighted by Gasteiger charge is -2.24. The summed E-state index contributed by atoms with van der Waals surface area (Å²) in [5, 5.41) is 11.9. The first-order chi connectivity index (χ1) is 8.13. The van der Waals surface area contributed by atoms with Gasteiger partial charge in [-0.05, 0) is 32.1 Å². The lowest BCUT2D eigenvalue weighted by atomic mass is 9.94. The van der Waals surface area contributed by atoms with Crippen LogP contribution in [0.3, 0.4) is 0 Å². The third kappa shape index (κ3) is 2.98. The molecule has 2 unspecified atom stereocenters. The van der Waals surface area contributed by atoms with Crippen molar-refractivity contribution in [3.63, 3.8) is 0 Å². The van der Waals surface area contributed by atoms with Gasteiger partial charge in [0.1, 0.15) is 0 Å². The fourth-order valence-corrected chi connectivity index (χ4v) is 3.12. The molecular formula is C13H21N3O. The number of nitrogens with one attached hydrogen (secondary N) is 1. The number of carbonyl (C=O) groups excluding carboxylic acids is 1. The molecule has 2 fully saturated rings. The van der Waals surface area contributed by atoms with E-state index in [4.69, 9.17) is 11.0 Å². The van der Waals surface area contributed by atoms with E-state index in [-0.39, 0.29) is 23.4 Å².